The third-order valence-corrected chi connectivity index (χ3v) is 3.78. The van der Waals surface area contributed by atoms with Gasteiger partial charge in [-0.25, -0.2) is 14.4 Å². The van der Waals surface area contributed by atoms with Gasteiger partial charge in [-0.15, -0.1) is 9.78 Å². The fourth-order valence-corrected chi connectivity index (χ4v) is 2.06. The topological polar surface area (TPSA) is 107 Å². The van der Waals surface area contributed by atoms with Crippen molar-refractivity contribution in [1.29, 1.82) is 0 Å². The van der Waals surface area contributed by atoms with E-state index in [1.54, 1.807) is 0 Å². The SMILES string of the molecule is C=C(CCCCC)C(=O)OOC(C)OC(=O)OC(C)OOC(=O)C(=C)CCCCC. The van der Waals surface area contributed by atoms with E-state index in [0.717, 1.165) is 38.5 Å². The summed E-state index contributed by atoms with van der Waals surface area (Å²) in [6.07, 6.45) is 2.94. The van der Waals surface area contributed by atoms with E-state index in [0.29, 0.717) is 12.8 Å². The van der Waals surface area contributed by atoms with E-state index in [2.05, 4.69) is 32.7 Å². The van der Waals surface area contributed by atoms with Gasteiger partial charge in [0.2, 0.25) is 12.6 Å². The molecule has 0 aliphatic rings. The van der Waals surface area contributed by atoms with Crippen LogP contribution in [0.2, 0.25) is 0 Å². The molecular weight excluding hydrogens is 396 g/mol. The number of ether oxygens (including phenoxy) is 2. The molecule has 0 amide bonds. The largest absolute Gasteiger partial charge is 0.513 e. The molecule has 0 fully saturated rings. The molecule has 0 saturated carbocycles. The molecule has 0 heterocycles. The lowest BCUT2D eigenvalue weighted by Gasteiger charge is -2.15. The van der Waals surface area contributed by atoms with Crippen LogP contribution in [-0.4, -0.2) is 30.7 Å². The van der Waals surface area contributed by atoms with Gasteiger partial charge in [-0.05, 0) is 25.7 Å². The molecule has 0 saturated heterocycles. The second-order valence-electron chi connectivity index (χ2n) is 6.68. The summed E-state index contributed by atoms with van der Waals surface area (Å²) in [4.78, 5) is 53.6. The summed E-state index contributed by atoms with van der Waals surface area (Å²) in [7, 11) is 0. The normalized spacial score (nSPS) is 12.4. The predicted molar refractivity (Wildman–Crippen MR) is 107 cm³/mol. The Morgan fingerprint density at radius 1 is 0.700 bits per heavy atom. The minimum absolute atomic E-state index is 0.262. The number of carbonyl (C=O) groups excluding carboxylic acids is 3. The first-order chi connectivity index (χ1) is 14.2. The van der Waals surface area contributed by atoms with Crippen molar-refractivity contribution in [1.82, 2.24) is 0 Å². The van der Waals surface area contributed by atoms with Crippen LogP contribution < -0.4 is 0 Å². The van der Waals surface area contributed by atoms with Crippen molar-refractivity contribution in [3.63, 3.8) is 0 Å². The minimum Gasteiger partial charge on any atom is -0.401 e. The van der Waals surface area contributed by atoms with Crippen molar-refractivity contribution < 1.29 is 43.4 Å². The van der Waals surface area contributed by atoms with Gasteiger partial charge in [0.1, 0.15) is 0 Å². The summed E-state index contributed by atoms with van der Waals surface area (Å²) in [5, 5.41) is 0. The molecule has 0 aliphatic heterocycles. The molecule has 0 N–H and O–H groups in total. The first kappa shape index (κ1) is 27.6. The monoisotopic (exact) mass is 430 g/mol. The highest BCUT2D eigenvalue weighted by Gasteiger charge is 2.20. The summed E-state index contributed by atoms with van der Waals surface area (Å²) < 4.78 is 9.48. The molecule has 0 aromatic rings. The van der Waals surface area contributed by atoms with Crippen LogP contribution in [0.25, 0.3) is 0 Å². The van der Waals surface area contributed by atoms with Crippen LogP contribution in [0.15, 0.2) is 24.3 Å². The number of hydrogen-bond donors (Lipinski definition) is 0. The zero-order valence-corrected chi connectivity index (χ0v) is 18.4. The predicted octanol–water partition coefficient (Wildman–Crippen LogP) is 5.05. The maximum atomic E-state index is 11.7. The van der Waals surface area contributed by atoms with E-state index in [4.69, 9.17) is 9.47 Å². The molecule has 2 atom stereocenters. The van der Waals surface area contributed by atoms with E-state index in [1.807, 2.05) is 13.8 Å². The van der Waals surface area contributed by atoms with Crippen LogP contribution in [-0.2, 0) is 38.6 Å². The van der Waals surface area contributed by atoms with Crippen LogP contribution in [0, 0.1) is 0 Å². The Balaban J connectivity index is 4.07. The molecule has 0 bridgehead atoms. The smallest absolute Gasteiger partial charge is 0.401 e. The lowest BCUT2D eigenvalue weighted by atomic mass is 10.1. The van der Waals surface area contributed by atoms with Gasteiger partial charge in [-0.1, -0.05) is 52.7 Å². The molecule has 172 valence electrons. The lowest BCUT2D eigenvalue weighted by molar-refractivity contribution is -0.350. The van der Waals surface area contributed by atoms with Crippen molar-refractivity contribution in [2.45, 2.75) is 91.6 Å². The van der Waals surface area contributed by atoms with Gasteiger partial charge in [-0.2, -0.15) is 0 Å². The maximum Gasteiger partial charge on any atom is 0.513 e. The van der Waals surface area contributed by atoms with Gasteiger partial charge in [0, 0.05) is 25.0 Å². The second-order valence-corrected chi connectivity index (χ2v) is 6.68. The lowest BCUT2D eigenvalue weighted by Crippen LogP contribution is -2.25. The zero-order valence-electron chi connectivity index (χ0n) is 18.4. The molecule has 0 rings (SSSR count). The van der Waals surface area contributed by atoms with E-state index in [9.17, 15) is 14.4 Å². The van der Waals surface area contributed by atoms with Crippen molar-refractivity contribution in [2.24, 2.45) is 0 Å². The highest BCUT2D eigenvalue weighted by atomic mass is 17.2. The highest BCUT2D eigenvalue weighted by Crippen LogP contribution is 2.11. The van der Waals surface area contributed by atoms with Crippen molar-refractivity contribution >= 4 is 18.1 Å². The fraction of sp³-hybridized carbons (Fsp3) is 0.667. The summed E-state index contributed by atoms with van der Waals surface area (Å²) in [6.45, 7) is 14.0. The molecule has 30 heavy (non-hydrogen) atoms. The van der Waals surface area contributed by atoms with Crippen molar-refractivity contribution in [3.05, 3.63) is 24.3 Å². The fourth-order valence-electron chi connectivity index (χ4n) is 2.06. The Hall–Kier alpha value is -2.39. The van der Waals surface area contributed by atoms with Crippen molar-refractivity contribution in [3.8, 4) is 0 Å². The molecule has 9 nitrogen and oxygen atoms in total. The first-order valence-electron chi connectivity index (χ1n) is 10.2. The van der Waals surface area contributed by atoms with Crippen LogP contribution in [0.5, 0.6) is 0 Å². The van der Waals surface area contributed by atoms with Gasteiger partial charge in [-0.3, -0.25) is 9.78 Å². The Morgan fingerprint density at radius 3 is 1.40 bits per heavy atom. The molecule has 9 heteroatoms. The van der Waals surface area contributed by atoms with E-state index in [1.165, 1.54) is 13.8 Å². The van der Waals surface area contributed by atoms with Crippen molar-refractivity contribution in [2.75, 3.05) is 0 Å². The van der Waals surface area contributed by atoms with Crippen LogP contribution in [0.4, 0.5) is 4.79 Å². The quantitative estimate of drug-likeness (QED) is 0.0829. The number of carbonyl (C=O) groups is 3. The first-order valence-corrected chi connectivity index (χ1v) is 10.2. The standard InChI is InChI=1S/C21H34O9/c1-7-9-11-13-15(3)19(22)29-27-17(5)25-21(24)26-18(6)28-30-20(23)16(4)14-12-10-8-2/h17-18H,3-4,7-14H2,1-2,5-6H3. The van der Waals surface area contributed by atoms with Crippen LogP contribution in [0.3, 0.4) is 0 Å². The van der Waals surface area contributed by atoms with Gasteiger partial charge < -0.3 is 9.47 Å². The van der Waals surface area contributed by atoms with Crippen LogP contribution in [0.1, 0.15) is 79.1 Å². The summed E-state index contributed by atoms with van der Waals surface area (Å²) in [5.74, 6) is -1.48. The van der Waals surface area contributed by atoms with E-state index < -0.39 is 30.7 Å². The second kappa shape index (κ2) is 16.4. The molecule has 0 aromatic carbocycles. The highest BCUT2D eigenvalue weighted by molar-refractivity contribution is 5.87. The molecule has 0 radical (unpaired) electrons. The number of hydrogen-bond acceptors (Lipinski definition) is 9. The van der Waals surface area contributed by atoms with E-state index >= 15 is 0 Å². The summed E-state index contributed by atoms with van der Waals surface area (Å²) in [6, 6.07) is 0. The van der Waals surface area contributed by atoms with Gasteiger partial charge >= 0.3 is 18.1 Å². The molecular formula is C21H34O9. The average Bonchev–Trinajstić information content (AvgIpc) is 2.70. The third kappa shape index (κ3) is 13.7. The van der Waals surface area contributed by atoms with Crippen LogP contribution >= 0.6 is 0 Å². The van der Waals surface area contributed by atoms with Gasteiger partial charge in [0.05, 0.1) is 0 Å². The van der Waals surface area contributed by atoms with Gasteiger partial charge in [0.25, 0.3) is 0 Å². The van der Waals surface area contributed by atoms with E-state index in [-0.39, 0.29) is 11.1 Å². The molecule has 0 aromatic heterocycles. The summed E-state index contributed by atoms with van der Waals surface area (Å²) in [5.41, 5.74) is 0.525. The minimum atomic E-state index is -1.24. The number of rotatable bonds is 16. The maximum absolute atomic E-state index is 11.7. The Bertz CT molecular complexity index is 523. The molecule has 0 spiro atoms. The molecule has 0 aliphatic carbocycles. The third-order valence-electron chi connectivity index (χ3n) is 3.78. The average molecular weight is 430 g/mol. The Morgan fingerprint density at radius 2 is 1.07 bits per heavy atom. The summed E-state index contributed by atoms with van der Waals surface area (Å²) >= 11 is 0. The Kier molecular flexibility index (Phi) is 15.1. The Labute approximate surface area is 178 Å². The zero-order chi connectivity index (χ0) is 22.9. The van der Waals surface area contributed by atoms with Gasteiger partial charge in [0.15, 0.2) is 0 Å². The number of unbranched alkanes of at least 4 members (excludes halogenated alkanes) is 4. The molecule has 2 unspecified atom stereocenters.